The Bertz CT molecular complexity index is 751. The van der Waals surface area contributed by atoms with Crippen LogP contribution in [0.5, 0.6) is 0 Å². The molecule has 3 rings (SSSR count). The quantitative estimate of drug-likeness (QED) is 0.876. The molecule has 3 heterocycles. The van der Waals surface area contributed by atoms with Gasteiger partial charge in [-0.25, -0.2) is 13.1 Å². The Labute approximate surface area is 129 Å². The number of aryl methyl sites for hydroxylation is 2. The van der Waals surface area contributed by atoms with Crippen molar-refractivity contribution in [2.75, 3.05) is 6.61 Å². The average molecular weight is 325 g/mol. The Morgan fingerprint density at radius 3 is 2.59 bits per heavy atom. The van der Waals surface area contributed by atoms with Crippen LogP contribution in [0.4, 0.5) is 0 Å². The maximum Gasteiger partial charge on any atom is 0.244 e. The lowest BCUT2D eigenvalue weighted by Crippen LogP contribution is -2.42. The molecule has 2 atom stereocenters. The van der Waals surface area contributed by atoms with Gasteiger partial charge in [0.1, 0.15) is 11.0 Å². The summed E-state index contributed by atoms with van der Waals surface area (Å²) in [5.41, 5.74) is 0.876. The van der Waals surface area contributed by atoms with Crippen LogP contribution in [0, 0.1) is 0 Å². The molecule has 8 nitrogen and oxygen atoms in total. The lowest BCUT2D eigenvalue weighted by Gasteiger charge is -2.31. The maximum absolute atomic E-state index is 12.5. The molecule has 0 aliphatic carbocycles. The van der Waals surface area contributed by atoms with Crippen molar-refractivity contribution >= 4 is 10.0 Å². The highest BCUT2D eigenvalue weighted by Gasteiger charge is 2.32. The third-order valence-electron chi connectivity index (χ3n) is 3.67. The molecule has 2 aromatic heterocycles. The fourth-order valence-electron chi connectivity index (χ4n) is 2.62. The van der Waals surface area contributed by atoms with Crippen LogP contribution in [-0.2, 0) is 28.9 Å². The van der Waals surface area contributed by atoms with Crippen molar-refractivity contribution in [1.82, 2.24) is 24.3 Å². The molecule has 0 aromatic carbocycles. The first-order valence-corrected chi connectivity index (χ1v) is 8.55. The Morgan fingerprint density at radius 2 is 1.95 bits per heavy atom. The summed E-state index contributed by atoms with van der Waals surface area (Å²) < 4.78 is 36.6. The zero-order chi connectivity index (χ0) is 15.7. The van der Waals surface area contributed by atoms with E-state index in [1.54, 1.807) is 17.9 Å². The number of hydrogen-bond acceptors (Lipinski definition) is 5. The third-order valence-corrected chi connectivity index (χ3v) is 5.12. The van der Waals surface area contributed by atoms with Crippen molar-refractivity contribution in [2.45, 2.75) is 29.9 Å². The normalized spacial score (nSPS) is 22.8. The number of hydrogen-bond donors (Lipinski definition) is 1. The largest absolute Gasteiger partial charge is 0.372 e. The zero-order valence-corrected chi connectivity index (χ0v) is 13.3. The van der Waals surface area contributed by atoms with E-state index in [2.05, 4.69) is 14.9 Å². The minimum absolute atomic E-state index is 0.158. The number of sulfonamides is 1. The molecule has 1 fully saturated rings. The molecule has 0 amide bonds. The van der Waals surface area contributed by atoms with Gasteiger partial charge >= 0.3 is 0 Å². The summed E-state index contributed by atoms with van der Waals surface area (Å²) >= 11 is 0. The van der Waals surface area contributed by atoms with E-state index < -0.39 is 10.0 Å². The standard InChI is InChI=1S/C13H19N5O3S/c1-17-8-10(6-14-17)13-12(4-3-5-21-13)16-22(19,20)11-7-15-18(2)9-11/h6-9,12-13,16H,3-5H2,1-2H3/t12-,13+/m0/s1. The molecule has 1 saturated heterocycles. The zero-order valence-electron chi connectivity index (χ0n) is 12.5. The minimum atomic E-state index is -3.61. The van der Waals surface area contributed by atoms with Gasteiger partial charge < -0.3 is 4.74 Å². The summed E-state index contributed by atoms with van der Waals surface area (Å²) in [5, 5.41) is 8.04. The van der Waals surface area contributed by atoms with Gasteiger partial charge in [-0.3, -0.25) is 9.36 Å². The molecule has 0 bridgehead atoms. The lowest BCUT2D eigenvalue weighted by atomic mass is 9.99. The van der Waals surface area contributed by atoms with Crippen LogP contribution in [0.1, 0.15) is 24.5 Å². The Balaban J connectivity index is 1.82. The van der Waals surface area contributed by atoms with Crippen LogP contribution in [0.25, 0.3) is 0 Å². The maximum atomic E-state index is 12.5. The van der Waals surface area contributed by atoms with Gasteiger partial charge in [-0.15, -0.1) is 0 Å². The first-order valence-electron chi connectivity index (χ1n) is 7.07. The van der Waals surface area contributed by atoms with Crippen molar-refractivity contribution in [3.63, 3.8) is 0 Å². The van der Waals surface area contributed by atoms with Crippen LogP contribution >= 0.6 is 0 Å². The topological polar surface area (TPSA) is 91.0 Å². The van der Waals surface area contributed by atoms with Gasteiger partial charge in [0.05, 0.1) is 18.4 Å². The molecule has 0 spiro atoms. The average Bonchev–Trinajstić information content (AvgIpc) is 3.08. The van der Waals surface area contributed by atoms with Crippen molar-refractivity contribution in [2.24, 2.45) is 14.1 Å². The molecule has 9 heteroatoms. The van der Waals surface area contributed by atoms with E-state index >= 15 is 0 Å². The van der Waals surface area contributed by atoms with Crippen LogP contribution in [0.3, 0.4) is 0 Å². The molecule has 22 heavy (non-hydrogen) atoms. The summed E-state index contributed by atoms with van der Waals surface area (Å²) in [4.78, 5) is 0.158. The van der Waals surface area contributed by atoms with E-state index in [0.717, 1.165) is 18.4 Å². The van der Waals surface area contributed by atoms with Gasteiger partial charge in [0, 0.05) is 38.7 Å². The van der Waals surface area contributed by atoms with Gasteiger partial charge in [0.15, 0.2) is 0 Å². The van der Waals surface area contributed by atoms with E-state index in [4.69, 9.17) is 4.74 Å². The molecular weight excluding hydrogens is 306 g/mol. The highest BCUT2D eigenvalue weighted by atomic mass is 32.2. The monoisotopic (exact) mass is 325 g/mol. The molecule has 1 aliphatic rings. The number of rotatable bonds is 4. The van der Waals surface area contributed by atoms with Crippen LogP contribution in [0.2, 0.25) is 0 Å². The molecule has 1 N–H and O–H groups in total. The molecule has 0 saturated carbocycles. The SMILES string of the molecule is Cn1cc([C@H]2OCCC[C@@H]2NS(=O)(=O)c2cnn(C)c2)cn1. The van der Waals surface area contributed by atoms with Crippen molar-refractivity contribution < 1.29 is 13.2 Å². The Kier molecular flexibility index (Phi) is 4.02. The molecule has 1 aliphatic heterocycles. The first-order chi connectivity index (χ1) is 10.5. The second kappa shape index (κ2) is 5.82. The van der Waals surface area contributed by atoms with Crippen LogP contribution in [0.15, 0.2) is 29.7 Å². The second-order valence-electron chi connectivity index (χ2n) is 5.46. The van der Waals surface area contributed by atoms with Gasteiger partial charge in [0.2, 0.25) is 10.0 Å². The van der Waals surface area contributed by atoms with Gasteiger partial charge in [-0.2, -0.15) is 10.2 Å². The van der Waals surface area contributed by atoms with Crippen molar-refractivity contribution in [1.29, 1.82) is 0 Å². The Hall–Kier alpha value is -1.71. The van der Waals surface area contributed by atoms with Gasteiger partial charge in [0.25, 0.3) is 0 Å². The summed E-state index contributed by atoms with van der Waals surface area (Å²) in [5.74, 6) is 0. The molecule has 0 radical (unpaired) electrons. The fourth-order valence-corrected chi connectivity index (χ4v) is 3.88. The van der Waals surface area contributed by atoms with Crippen LogP contribution < -0.4 is 4.72 Å². The molecule has 2 aromatic rings. The fraction of sp³-hybridized carbons (Fsp3) is 0.538. The minimum Gasteiger partial charge on any atom is -0.372 e. The summed E-state index contributed by atoms with van der Waals surface area (Å²) in [6, 6.07) is -0.317. The number of nitrogens with zero attached hydrogens (tertiary/aromatic N) is 4. The predicted octanol–water partition coefficient (Wildman–Crippen LogP) is 0.352. The molecular formula is C13H19N5O3S. The van der Waals surface area contributed by atoms with Crippen molar-refractivity contribution in [3.8, 4) is 0 Å². The summed E-state index contributed by atoms with van der Waals surface area (Å²) in [7, 11) is -0.111. The smallest absolute Gasteiger partial charge is 0.244 e. The third kappa shape index (κ3) is 3.06. The Morgan fingerprint density at radius 1 is 1.23 bits per heavy atom. The van der Waals surface area contributed by atoms with Crippen molar-refractivity contribution in [3.05, 3.63) is 30.4 Å². The summed E-state index contributed by atoms with van der Waals surface area (Å²) in [6.45, 7) is 0.616. The van der Waals surface area contributed by atoms with E-state index in [1.165, 1.54) is 17.1 Å². The van der Waals surface area contributed by atoms with E-state index in [-0.39, 0.29) is 17.0 Å². The van der Waals surface area contributed by atoms with E-state index in [0.29, 0.717) is 6.61 Å². The van der Waals surface area contributed by atoms with Crippen LogP contribution in [-0.4, -0.2) is 40.6 Å². The number of aromatic nitrogens is 4. The molecule has 120 valence electrons. The lowest BCUT2D eigenvalue weighted by molar-refractivity contribution is -0.00446. The first kappa shape index (κ1) is 15.2. The van der Waals surface area contributed by atoms with E-state index in [1.807, 2.05) is 13.2 Å². The highest BCUT2D eigenvalue weighted by molar-refractivity contribution is 7.89. The number of ether oxygens (including phenoxy) is 1. The second-order valence-corrected chi connectivity index (χ2v) is 7.17. The van der Waals surface area contributed by atoms with E-state index in [9.17, 15) is 8.42 Å². The number of nitrogens with one attached hydrogen (secondary N) is 1. The predicted molar refractivity (Wildman–Crippen MR) is 78.5 cm³/mol. The highest BCUT2D eigenvalue weighted by Crippen LogP contribution is 2.29. The van der Waals surface area contributed by atoms with Gasteiger partial charge in [-0.05, 0) is 12.8 Å². The molecule has 0 unspecified atom stereocenters. The summed E-state index contributed by atoms with van der Waals surface area (Å²) in [6.07, 6.45) is 7.59. The van der Waals surface area contributed by atoms with Gasteiger partial charge in [-0.1, -0.05) is 0 Å².